The molecule has 78 valence electrons. The van der Waals surface area contributed by atoms with Gasteiger partial charge in [0.2, 0.25) is 0 Å². The first kappa shape index (κ1) is 15.2. The van der Waals surface area contributed by atoms with E-state index in [0.29, 0.717) is 6.42 Å². The number of hydrogen-bond acceptors (Lipinski definition) is 2. The minimum atomic E-state index is 0. The first-order valence-corrected chi connectivity index (χ1v) is 4.86. The summed E-state index contributed by atoms with van der Waals surface area (Å²) >= 11 is 0. The lowest BCUT2D eigenvalue weighted by Crippen LogP contribution is -2.43. The number of nitrogens with one attached hydrogen (secondary N) is 1. The summed E-state index contributed by atoms with van der Waals surface area (Å²) in [5, 5.41) is 11.9. The van der Waals surface area contributed by atoms with E-state index < -0.39 is 0 Å². The van der Waals surface area contributed by atoms with Crippen molar-refractivity contribution in [2.24, 2.45) is 0 Å². The molecule has 0 saturated carbocycles. The fourth-order valence-corrected chi connectivity index (χ4v) is 1.51. The van der Waals surface area contributed by atoms with E-state index >= 15 is 0 Å². The van der Waals surface area contributed by atoms with Crippen LogP contribution in [0.1, 0.15) is 46.5 Å². The van der Waals surface area contributed by atoms with E-state index in [-0.39, 0.29) is 17.9 Å². The number of nitrogens with zero attached hydrogens (tertiary/aromatic N) is 1. The van der Waals surface area contributed by atoms with Gasteiger partial charge in [0.1, 0.15) is 0 Å². The lowest BCUT2D eigenvalue weighted by Gasteiger charge is -2.31. The highest BCUT2D eigenvalue weighted by atomic mass is 35.5. The fraction of sp³-hybridized carbons (Fsp3) is 0.900. The molecule has 0 aliphatic carbocycles. The van der Waals surface area contributed by atoms with Crippen molar-refractivity contribution in [2.45, 2.75) is 52.0 Å². The van der Waals surface area contributed by atoms with Crippen LogP contribution in [0.2, 0.25) is 0 Å². The van der Waals surface area contributed by atoms with Gasteiger partial charge in [0.15, 0.2) is 0 Å². The van der Waals surface area contributed by atoms with E-state index in [2.05, 4.69) is 32.2 Å². The van der Waals surface area contributed by atoms with Gasteiger partial charge in [-0.1, -0.05) is 20.8 Å². The normalized spacial score (nSPS) is 10.3. The molecular weight excluding hydrogens is 184 g/mol. The van der Waals surface area contributed by atoms with Crippen LogP contribution < -0.4 is 5.32 Å². The Kier molecular flexibility index (Phi) is 9.77. The van der Waals surface area contributed by atoms with E-state index in [0.717, 1.165) is 25.8 Å². The van der Waals surface area contributed by atoms with E-state index in [1.165, 1.54) is 0 Å². The molecule has 0 spiro atoms. The summed E-state index contributed by atoms with van der Waals surface area (Å²) in [4.78, 5) is 0. The predicted octanol–water partition coefficient (Wildman–Crippen LogP) is 2.88. The van der Waals surface area contributed by atoms with Crippen LogP contribution >= 0.6 is 12.4 Å². The maximum Gasteiger partial charge on any atom is 0.0635 e. The zero-order valence-electron chi connectivity index (χ0n) is 8.89. The molecule has 1 N–H and O–H groups in total. The van der Waals surface area contributed by atoms with Crippen LogP contribution in [0.15, 0.2) is 0 Å². The van der Waals surface area contributed by atoms with Crippen molar-refractivity contribution >= 4 is 12.4 Å². The Balaban J connectivity index is 0. The molecule has 0 saturated heterocycles. The minimum absolute atomic E-state index is 0. The molecule has 13 heavy (non-hydrogen) atoms. The number of hydrogen-bond donors (Lipinski definition) is 1. The summed E-state index contributed by atoms with van der Waals surface area (Å²) in [5.41, 5.74) is 0.275. The average Bonchev–Trinajstić information content (AvgIpc) is 2.14. The third-order valence-corrected chi connectivity index (χ3v) is 2.77. The van der Waals surface area contributed by atoms with Gasteiger partial charge in [0, 0.05) is 18.5 Å². The third kappa shape index (κ3) is 5.13. The van der Waals surface area contributed by atoms with Gasteiger partial charge in [0.05, 0.1) is 6.07 Å². The summed E-state index contributed by atoms with van der Waals surface area (Å²) in [6.07, 6.45) is 4.05. The average molecular weight is 205 g/mol. The third-order valence-electron chi connectivity index (χ3n) is 2.77. The molecule has 0 radical (unpaired) electrons. The largest absolute Gasteiger partial charge is 0.310 e. The summed E-state index contributed by atoms with van der Waals surface area (Å²) in [5.74, 6) is 0. The highest BCUT2D eigenvalue weighted by molar-refractivity contribution is 5.85. The Morgan fingerprint density at radius 3 is 1.92 bits per heavy atom. The van der Waals surface area contributed by atoms with Crippen molar-refractivity contribution in [1.82, 2.24) is 5.32 Å². The van der Waals surface area contributed by atoms with Gasteiger partial charge < -0.3 is 5.32 Å². The molecule has 0 unspecified atom stereocenters. The van der Waals surface area contributed by atoms with Crippen LogP contribution in [0, 0.1) is 11.3 Å². The Morgan fingerprint density at radius 2 is 1.62 bits per heavy atom. The van der Waals surface area contributed by atoms with Crippen molar-refractivity contribution in [3.8, 4) is 6.07 Å². The summed E-state index contributed by atoms with van der Waals surface area (Å²) in [7, 11) is 0. The molecule has 0 aromatic carbocycles. The van der Waals surface area contributed by atoms with Crippen LogP contribution in [0.25, 0.3) is 0 Å². The highest BCUT2D eigenvalue weighted by Gasteiger charge is 2.21. The fourth-order valence-electron chi connectivity index (χ4n) is 1.51. The molecule has 0 atom stereocenters. The maximum absolute atomic E-state index is 8.39. The van der Waals surface area contributed by atoms with Crippen molar-refractivity contribution in [3.63, 3.8) is 0 Å². The Morgan fingerprint density at radius 1 is 1.15 bits per heavy atom. The van der Waals surface area contributed by atoms with Crippen LogP contribution in [-0.4, -0.2) is 12.1 Å². The zero-order chi connectivity index (χ0) is 9.45. The number of nitriles is 1. The van der Waals surface area contributed by atoms with E-state index in [1.807, 2.05) is 0 Å². The molecular formula is C10H21ClN2. The maximum atomic E-state index is 8.39. The number of halogens is 1. The lowest BCUT2D eigenvalue weighted by molar-refractivity contribution is 0.294. The monoisotopic (exact) mass is 204 g/mol. The molecule has 3 heteroatoms. The van der Waals surface area contributed by atoms with Gasteiger partial charge in [-0.15, -0.1) is 12.4 Å². The molecule has 0 aliphatic heterocycles. The topological polar surface area (TPSA) is 35.8 Å². The quantitative estimate of drug-likeness (QED) is 0.676. The van der Waals surface area contributed by atoms with Crippen molar-refractivity contribution in [2.75, 3.05) is 6.54 Å². The summed E-state index contributed by atoms with van der Waals surface area (Å²) in [6, 6.07) is 2.15. The molecule has 0 bridgehead atoms. The van der Waals surface area contributed by atoms with E-state index in [4.69, 9.17) is 5.26 Å². The molecule has 0 heterocycles. The minimum Gasteiger partial charge on any atom is -0.310 e. The first-order chi connectivity index (χ1) is 5.74. The highest BCUT2D eigenvalue weighted by Crippen LogP contribution is 2.18. The Labute approximate surface area is 88.1 Å². The standard InChI is InChI=1S/C10H20N2.ClH/c1-4-10(5-2,6-3)12-9-7-8-11;/h12H,4-7,9H2,1-3H3;1H. The SMILES string of the molecule is CCC(CC)(CC)NCCC#N.Cl. The Bertz CT molecular complexity index is 139. The van der Waals surface area contributed by atoms with Crippen molar-refractivity contribution < 1.29 is 0 Å². The van der Waals surface area contributed by atoms with E-state index in [9.17, 15) is 0 Å². The lowest BCUT2D eigenvalue weighted by atomic mass is 9.90. The van der Waals surface area contributed by atoms with Gasteiger partial charge >= 0.3 is 0 Å². The molecule has 0 aromatic heterocycles. The van der Waals surface area contributed by atoms with Gasteiger partial charge in [-0.3, -0.25) is 0 Å². The molecule has 0 fully saturated rings. The van der Waals surface area contributed by atoms with Crippen molar-refractivity contribution in [1.29, 1.82) is 5.26 Å². The zero-order valence-corrected chi connectivity index (χ0v) is 9.71. The van der Waals surface area contributed by atoms with Gasteiger partial charge in [-0.2, -0.15) is 5.26 Å². The second kappa shape index (κ2) is 8.34. The molecule has 0 aliphatic rings. The van der Waals surface area contributed by atoms with E-state index in [1.54, 1.807) is 0 Å². The van der Waals surface area contributed by atoms with Gasteiger partial charge in [0.25, 0.3) is 0 Å². The molecule has 0 rings (SSSR count). The second-order valence-corrected chi connectivity index (χ2v) is 3.18. The summed E-state index contributed by atoms with van der Waals surface area (Å²) in [6.45, 7) is 7.43. The van der Waals surface area contributed by atoms with Gasteiger partial charge in [-0.05, 0) is 19.3 Å². The molecule has 2 nitrogen and oxygen atoms in total. The first-order valence-electron chi connectivity index (χ1n) is 4.86. The number of rotatable bonds is 6. The molecule has 0 amide bonds. The second-order valence-electron chi connectivity index (χ2n) is 3.18. The van der Waals surface area contributed by atoms with Crippen LogP contribution in [0.3, 0.4) is 0 Å². The van der Waals surface area contributed by atoms with Crippen molar-refractivity contribution in [3.05, 3.63) is 0 Å². The smallest absolute Gasteiger partial charge is 0.0635 e. The van der Waals surface area contributed by atoms with Crippen LogP contribution in [0.4, 0.5) is 0 Å². The summed E-state index contributed by atoms with van der Waals surface area (Å²) < 4.78 is 0. The van der Waals surface area contributed by atoms with Gasteiger partial charge in [-0.25, -0.2) is 0 Å². The molecule has 0 aromatic rings. The van der Waals surface area contributed by atoms with Crippen LogP contribution in [-0.2, 0) is 0 Å². The van der Waals surface area contributed by atoms with Crippen LogP contribution in [0.5, 0.6) is 0 Å². The predicted molar refractivity (Wildman–Crippen MR) is 59.1 cm³/mol. The Hall–Kier alpha value is -0.260.